The van der Waals surface area contributed by atoms with Crippen molar-refractivity contribution in [2.45, 2.75) is 12.6 Å². The van der Waals surface area contributed by atoms with Gasteiger partial charge in [0.05, 0.1) is 26.5 Å². The molecule has 0 aliphatic carbocycles. The number of rotatable bonds is 7. The second kappa shape index (κ2) is 9.11. The van der Waals surface area contributed by atoms with Gasteiger partial charge >= 0.3 is 12.0 Å². The van der Waals surface area contributed by atoms with Crippen LogP contribution in [0, 0.1) is 0 Å². The highest BCUT2D eigenvalue weighted by Gasteiger charge is 2.23. The lowest BCUT2D eigenvalue weighted by molar-refractivity contribution is -0.145. The van der Waals surface area contributed by atoms with Crippen molar-refractivity contribution in [2.24, 2.45) is 0 Å². The summed E-state index contributed by atoms with van der Waals surface area (Å²) in [5, 5.41) is 7.48. The maximum Gasteiger partial charge on any atom is 0.333 e. The van der Waals surface area contributed by atoms with E-state index in [0.717, 1.165) is 0 Å². The summed E-state index contributed by atoms with van der Waals surface area (Å²) >= 11 is 0. The first-order chi connectivity index (χ1) is 12.1. The van der Waals surface area contributed by atoms with Crippen LogP contribution in [0.2, 0.25) is 0 Å². The summed E-state index contributed by atoms with van der Waals surface area (Å²) in [7, 11) is 1.24. The third-order valence-corrected chi connectivity index (χ3v) is 3.29. The van der Waals surface area contributed by atoms with Crippen molar-refractivity contribution in [1.82, 2.24) is 16.0 Å². The Hall–Kier alpha value is -3.29. The molecule has 1 aromatic heterocycles. The maximum absolute atomic E-state index is 12.0. The number of carbonyl (C=O) groups excluding carboxylic acids is 3. The molecule has 8 nitrogen and oxygen atoms in total. The molecule has 0 aliphatic heterocycles. The number of esters is 1. The van der Waals surface area contributed by atoms with E-state index in [4.69, 9.17) is 9.15 Å². The monoisotopic (exact) mass is 345 g/mol. The average molecular weight is 345 g/mol. The molecule has 2 rings (SSSR count). The molecule has 1 heterocycles. The van der Waals surface area contributed by atoms with Crippen LogP contribution in [-0.4, -0.2) is 31.6 Å². The molecule has 0 unspecified atom stereocenters. The highest BCUT2D eigenvalue weighted by atomic mass is 16.5. The zero-order chi connectivity index (χ0) is 18.1. The molecule has 0 aliphatic rings. The Morgan fingerprint density at radius 3 is 2.48 bits per heavy atom. The van der Waals surface area contributed by atoms with E-state index in [0.29, 0.717) is 11.3 Å². The number of amides is 3. The molecule has 1 atom stereocenters. The van der Waals surface area contributed by atoms with Gasteiger partial charge in [-0.2, -0.15) is 0 Å². The van der Waals surface area contributed by atoms with Gasteiger partial charge in [0.25, 0.3) is 0 Å². The summed E-state index contributed by atoms with van der Waals surface area (Å²) in [6.45, 7) is -0.0838. The van der Waals surface area contributed by atoms with E-state index < -0.39 is 23.9 Å². The van der Waals surface area contributed by atoms with Crippen LogP contribution in [0.4, 0.5) is 4.79 Å². The van der Waals surface area contributed by atoms with Crippen molar-refractivity contribution in [3.8, 4) is 0 Å². The van der Waals surface area contributed by atoms with Crippen molar-refractivity contribution in [3.05, 3.63) is 60.1 Å². The molecule has 2 aromatic rings. The third kappa shape index (κ3) is 5.69. The number of hydrogen-bond acceptors (Lipinski definition) is 5. The third-order valence-electron chi connectivity index (χ3n) is 3.29. The number of methoxy groups -OCH3 is 1. The SMILES string of the molecule is COC(=O)[C@@H](NC(=O)CNC(=O)NCc1ccco1)c1ccccc1. The molecule has 3 N–H and O–H groups in total. The Bertz CT molecular complexity index is 700. The number of furan rings is 1. The van der Waals surface area contributed by atoms with E-state index >= 15 is 0 Å². The highest BCUT2D eigenvalue weighted by Crippen LogP contribution is 2.13. The van der Waals surface area contributed by atoms with Gasteiger partial charge in [-0.15, -0.1) is 0 Å². The second-order valence-corrected chi connectivity index (χ2v) is 5.05. The van der Waals surface area contributed by atoms with Crippen LogP contribution in [0.5, 0.6) is 0 Å². The van der Waals surface area contributed by atoms with E-state index in [2.05, 4.69) is 16.0 Å². The van der Waals surface area contributed by atoms with Crippen LogP contribution in [0.3, 0.4) is 0 Å². The minimum Gasteiger partial charge on any atom is -0.467 e. The molecule has 1 aromatic carbocycles. The summed E-state index contributed by atoms with van der Waals surface area (Å²) in [6.07, 6.45) is 1.50. The molecule has 0 saturated heterocycles. The lowest BCUT2D eigenvalue weighted by Gasteiger charge is -2.17. The molecule has 3 amide bonds. The number of benzene rings is 1. The smallest absolute Gasteiger partial charge is 0.333 e. The standard InChI is InChI=1S/C17H19N3O5/c1-24-16(22)15(12-6-3-2-4-7-12)20-14(21)11-19-17(23)18-10-13-8-5-9-25-13/h2-9,15H,10-11H2,1H3,(H,20,21)(H2,18,19,23)/t15-/m0/s1. The molecule has 0 bridgehead atoms. The van der Waals surface area contributed by atoms with Crippen molar-refractivity contribution in [3.63, 3.8) is 0 Å². The molecule has 0 fully saturated rings. The van der Waals surface area contributed by atoms with Gasteiger partial charge in [0.15, 0.2) is 6.04 Å². The Balaban J connectivity index is 1.82. The van der Waals surface area contributed by atoms with Gasteiger partial charge in [-0.3, -0.25) is 4.79 Å². The fourth-order valence-corrected chi connectivity index (χ4v) is 2.06. The molecule has 132 valence electrons. The maximum atomic E-state index is 12.0. The lowest BCUT2D eigenvalue weighted by Crippen LogP contribution is -2.44. The van der Waals surface area contributed by atoms with Crippen LogP contribution in [0.15, 0.2) is 53.1 Å². The quantitative estimate of drug-likeness (QED) is 0.651. The summed E-state index contributed by atoms with van der Waals surface area (Å²) in [4.78, 5) is 35.5. The number of urea groups is 1. The van der Waals surface area contributed by atoms with Crippen LogP contribution < -0.4 is 16.0 Å². The Morgan fingerprint density at radius 1 is 1.08 bits per heavy atom. The van der Waals surface area contributed by atoms with E-state index in [1.165, 1.54) is 13.4 Å². The van der Waals surface area contributed by atoms with E-state index in [9.17, 15) is 14.4 Å². The zero-order valence-electron chi connectivity index (χ0n) is 13.7. The largest absolute Gasteiger partial charge is 0.467 e. The second-order valence-electron chi connectivity index (χ2n) is 5.05. The topological polar surface area (TPSA) is 110 Å². The number of ether oxygens (including phenoxy) is 1. The van der Waals surface area contributed by atoms with Gasteiger partial charge in [-0.25, -0.2) is 9.59 Å². The summed E-state index contributed by atoms with van der Waals surface area (Å²) in [5.41, 5.74) is 0.588. The zero-order valence-corrected chi connectivity index (χ0v) is 13.7. The van der Waals surface area contributed by atoms with Crippen LogP contribution in [-0.2, 0) is 20.9 Å². The number of nitrogens with one attached hydrogen (secondary N) is 3. The van der Waals surface area contributed by atoms with E-state index in [1.807, 2.05) is 0 Å². The summed E-state index contributed by atoms with van der Waals surface area (Å²) in [5.74, 6) is -0.524. The minimum atomic E-state index is -0.938. The predicted molar refractivity (Wildman–Crippen MR) is 88.3 cm³/mol. The highest BCUT2D eigenvalue weighted by molar-refractivity contribution is 5.88. The van der Waals surface area contributed by atoms with Crippen molar-refractivity contribution in [1.29, 1.82) is 0 Å². The van der Waals surface area contributed by atoms with Gasteiger partial charge < -0.3 is 25.1 Å². The summed E-state index contributed by atoms with van der Waals surface area (Å²) < 4.78 is 9.79. The predicted octanol–water partition coefficient (Wildman–Crippen LogP) is 1.11. The molecule has 0 spiro atoms. The molecule has 0 saturated carbocycles. The minimum absolute atomic E-state index is 0.204. The van der Waals surface area contributed by atoms with Crippen molar-refractivity contribution < 1.29 is 23.5 Å². The molecule has 0 radical (unpaired) electrons. The van der Waals surface area contributed by atoms with Crippen molar-refractivity contribution in [2.75, 3.05) is 13.7 Å². The van der Waals surface area contributed by atoms with Gasteiger partial charge in [0.1, 0.15) is 5.76 Å². The molecular formula is C17H19N3O5. The van der Waals surface area contributed by atoms with Gasteiger partial charge in [-0.05, 0) is 17.7 Å². The Kier molecular flexibility index (Phi) is 6.58. The molecule has 8 heteroatoms. The Morgan fingerprint density at radius 2 is 1.84 bits per heavy atom. The first-order valence-electron chi connectivity index (χ1n) is 7.56. The van der Waals surface area contributed by atoms with E-state index in [-0.39, 0.29) is 13.1 Å². The van der Waals surface area contributed by atoms with Crippen molar-refractivity contribution >= 4 is 17.9 Å². The van der Waals surface area contributed by atoms with Gasteiger partial charge in [-0.1, -0.05) is 30.3 Å². The van der Waals surface area contributed by atoms with Crippen LogP contribution >= 0.6 is 0 Å². The van der Waals surface area contributed by atoms with Crippen LogP contribution in [0.25, 0.3) is 0 Å². The normalized spacial score (nSPS) is 11.2. The Labute approximate surface area is 144 Å². The fourth-order valence-electron chi connectivity index (χ4n) is 2.06. The average Bonchev–Trinajstić information content (AvgIpc) is 3.16. The van der Waals surface area contributed by atoms with E-state index in [1.54, 1.807) is 42.5 Å². The molecule has 25 heavy (non-hydrogen) atoms. The lowest BCUT2D eigenvalue weighted by atomic mass is 10.1. The first-order valence-corrected chi connectivity index (χ1v) is 7.56. The summed E-state index contributed by atoms with van der Waals surface area (Å²) in [6, 6.07) is 10.6. The van der Waals surface area contributed by atoms with Crippen LogP contribution in [0.1, 0.15) is 17.4 Å². The van der Waals surface area contributed by atoms with Gasteiger partial charge in [0, 0.05) is 0 Å². The van der Waals surface area contributed by atoms with Gasteiger partial charge in [0.2, 0.25) is 5.91 Å². The first kappa shape index (κ1) is 18.1. The number of hydrogen-bond donors (Lipinski definition) is 3. The molecular weight excluding hydrogens is 326 g/mol. The fraction of sp³-hybridized carbons (Fsp3) is 0.235. The number of carbonyl (C=O) groups is 3.